The highest BCUT2D eigenvalue weighted by Crippen LogP contribution is 2.59. The first-order chi connectivity index (χ1) is 17.6. The number of aliphatic hydroxyl groups is 2. The molecule has 0 spiro atoms. The zero-order chi connectivity index (χ0) is 28.7. The van der Waals surface area contributed by atoms with Crippen LogP contribution in [0.3, 0.4) is 0 Å². The molecule has 4 atom stereocenters. The van der Waals surface area contributed by atoms with Gasteiger partial charge < -0.3 is 37.4 Å². The van der Waals surface area contributed by atoms with Crippen LogP contribution in [-0.2, 0) is 20.8 Å². The third-order valence-electron chi connectivity index (χ3n) is 7.86. The van der Waals surface area contributed by atoms with E-state index < -0.39 is 74.8 Å². The van der Waals surface area contributed by atoms with Gasteiger partial charge in [0.05, 0.1) is 39.9 Å². The number of ketones is 2. The number of fused-ring (bicyclic) bond motifs is 3. The Bertz CT molecular complexity index is 1490. The number of nitriles is 1. The van der Waals surface area contributed by atoms with Crippen molar-refractivity contribution in [3.63, 3.8) is 0 Å². The van der Waals surface area contributed by atoms with Crippen LogP contribution >= 0.6 is 0 Å². The van der Waals surface area contributed by atoms with Crippen molar-refractivity contribution in [2.24, 2.45) is 22.6 Å². The summed E-state index contributed by atoms with van der Waals surface area (Å²) in [5, 5.41) is 44.0. The van der Waals surface area contributed by atoms with Crippen LogP contribution < -0.4 is 22.1 Å². The minimum Gasteiger partial charge on any atom is -0.509 e. The zero-order valence-electron chi connectivity index (χ0n) is 21.3. The Morgan fingerprint density at radius 2 is 1.79 bits per heavy atom. The van der Waals surface area contributed by atoms with Crippen LogP contribution in [-0.4, -0.2) is 83.0 Å². The molecule has 4 rings (SSSR count). The quantitative estimate of drug-likeness (QED) is 0.208. The van der Waals surface area contributed by atoms with Gasteiger partial charge >= 0.3 is 0 Å². The van der Waals surface area contributed by atoms with Gasteiger partial charge in [0, 0.05) is 19.8 Å². The zero-order valence-corrected chi connectivity index (χ0v) is 21.3. The molecule has 1 aromatic rings. The summed E-state index contributed by atoms with van der Waals surface area (Å²) in [6.45, 7) is 0. The van der Waals surface area contributed by atoms with Gasteiger partial charge in [0.2, 0.25) is 0 Å². The molecule has 0 saturated heterocycles. The summed E-state index contributed by atoms with van der Waals surface area (Å²) in [7, 11) is 6.33. The molecule has 0 unspecified atom stereocenters. The Morgan fingerprint density at radius 1 is 1.18 bits per heavy atom. The number of carbonyl (C=O) groups is 3. The Morgan fingerprint density at radius 3 is 2.26 bits per heavy atom. The predicted molar refractivity (Wildman–Crippen MR) is 136 cm³/mol. The number of hydrogen-bond acceptors (Lipinski definition) is 11. The molecule has 12 nitrogen and oxygen atoms in total. The fraction of sp³-hybridized carbons (Fsp3) is 0.385. The average molecular weight is 521 g/mol. The lowest BCUT2D eigenvalue weighted by Gasteiger charge is -2.58. The second-order valence-corrected chi connectivity index (χ2v) is 10.5. The summed E-state index contributed by atoms with van der Waals surface area (Å²) in [5.74, 6) is -3.64. The normalized spacial score (nSPS) is 30.3. The highest BCUT2D eigenvalue weighted by atomic mass is 16.3. The van der Waals surface area contributed by atoms with Crippen LogP contribution in [0.2, 0.25) is 0 Å². The van der Waals surface area contributed by atoms with Crippen LogP contribution in [0.5, 0.6) is 5.75 Å². The van der Waals surface area contributed by atoms with Crippen molar-refractivity contribution in [3.05, 3.63) is 39.7 Å². The molecule has 1 saturated carbocycles. The van der Waals surface area contributed by atoms with Gasteiger partial charge in [-0.25, -0.2) is 0 Å². The maximum atomic E-state index is 14.3. The number of anilines is 1. The molecule has 1 fully saturated rings. The van der Waals surface area contributed by atoms with Crippen LogP contribution in [0, 0.1) is 29.1 Å². The number of terminal acetylenes is 1. The molecule has 0 aliphatic heterocycles. The number of Topliss-reactive ketones (excluding diaryl/α,β-unsaturated/α-hetero) is 2. The number of hydrogen-bond donors (Lipinski definition) is 6. The van der Waals surface area contributed by atoms with Crippen molar-refractivity contribution in [2.75, 3.05) is 33.1 Å². The number of rotatable bonds is 3. The summed E-state index contributed by atoms with van der Waals surface area (Å²) >= 11 is 0. The van der Waals surface area contributed by atoms with Crippen LogP contribution in [0.1, 0.15) is 23.1 Å². The van der Waals surface area contributed by atoms with Crippen molar-refractivity contribution in [1.29, 1.82) is 5.26 Å². The van der Waals surface area contributed by atoms with E-state index in [1.54, 1.807) is 25.1 Å². The van der Waals surface area contributed by atoms with Gasteiger partial charge in [-0.1, -0.05) is 5.92 Å². The van der Waals surface area contributed by atoms with Gasteiger partial charge in [0.25, 0.3) is 5.91 Å². The number of nitrogens with zero attached hydrogens (tertiary/aromatic N) is 3. The molecule has 0 heterocycles. The SMILES string of the molecule is C#Cc1cc(N(C)C)c2c(c1O)C(O)=C1C(=O)[C@]3(C#N)C(O)=C(C(N)=O)C(=O)[C@@H](N(C)C)[C@]3(N)C[C@]1(N)C2. The summed E-state index contributed by atoms with van der Waals surface area (Å²) in [6.07, 6.45) is 4.95. The number of carbonyl (C=O) groups excluding carboxylic acids is 3. The molecule has 1 aromatic carbocycles. The average Bonchev–Trinajstić information content (AvgIpc) is 2.77. The topological polar surface area (TPSA) is 220 Å². The van der Waals surface area contributed by atoms with Gasteiger partial charge in [-0.15, -0.1) is 6.42 Å². The maximum Gasteiger partial charge on any atom is 0.255 e. The fourth-order valence-electron chi connectivity index (χ4n) is 6.39. The third-order valence-corrected chi connectivity index (χ3v) is 7.86. The van der Waals surface area contributed by atoms with E-state index in [0.717, 1.165) is 0 Å². The Labute approximate surface area is 218 Å². The molecule has 9 N–H and O–H groups in total. The third kappa shape index (κ3) is 2.93. The molecular weight excluding hydrogens is 492 g/mol. The molecule has 0 aromatic heterocycles. The first-order valence-corrected chi connectivity index (χ1v) is 11.5. The minimum absolute atomic E-state index is 0.0326. The Balaban J connectivity index is 2.17. The minimum atomic E-state index is -2.71. The fourth-order valence-corrected chi connectivity index (χ4v) is 6.39. The summed E-state index contributed by atoms with van der Waals surface area (Å²) in [6, 6.07) is 1.79. The molecular formula is C26H28N6O6. The molecule has 0 bridgehead atoms. The van der Waals surface area contributed by atoms with Crippen molar-refractivity contribution >= 4 is 28.9 Å². The number of amides is 1. The second-order valence-electron chi connectivity index (χ2n) is 10.5. The Hall–Kier alpha value is -4.36. The lowest BCUT2D eigenvalue weighted by Crippen LogP contribution is -2.80. The van der Waals surface area contributed by atoms with Crippen LogP contribution in [0.4, 0.5) is 5.69 Å². The highest BCUT2D eigenvalue weighted by molar-refractivity contribution is 6.25. The van der Waals surface area contributed by atoms with Crippen molar-refractivity contribution in [3.8, 4) is 24.2 Å². The molecule has 0 radical (unpaired) electrons. The van der Waals surface area contributed by atoms with Crippen LogP contribution in [0.15, 0.2) is 23.0 Å². The largest absolute Gasteiger partial charge is 0.509 e. The molecule has 12 heteroatoms. The van der Waals surface area contributed by atoms with E-state index in [1.165, 1.54) is 25.1 Å². The second kappa shape index (κ2) is 8.07. The monoisotopic (exact) mass is 520 g/mol. The lowest BCUT2D eigenvalue weighted by atomic mass is 9.47. The van der Waals surface area contributed by atoms with Gasteiger partial charge in [0.1, 0.15) is 22.8 Å². The van der Waals surface area contributed by atoms with E-state index in [4.69, 9.17) is 23.6 Å². The van der Waals surface area contributed by atoms with Gasteiger partial charge in [-0.05, 0) is 38.6 Å². The maximum absolute atomic E-state index is 14.3. The number of aromatic hydroxyl groups is 1. The number of benzene rings is 1. The van der Waals surface area contributed by atoms with E-state index in [2.05, 4.69) is 5.92 Å². The molecule has 1 amide bonds. The van der Waals surface area contributed by atoms with E-state index in [1.807, 2.05) is 0 Å². The van der Waals surface area contributed by atoms with E-state index in [-0.39, 0.29) is 17.5 Å². The van der Waals surface area contributed by atoms with E-state index >= 15 is 0 Å². The predicted octanol–water partition coefficient (Wildman–Crippen LogP) is -1.05. The van der Waals surface area contributed by atoms with Gasteiger partial charge in [0.15, 0.2) is 17.0 Å². The van der Waals surface area contributed by atoms with Crippen LogP contribution in [0.25, 0.3) is 5.76 Å². The molecule has 38 heavy (non-hydrogen) atoms. The Kier molecular flexibility index (Phi) is 5.67. The number of likely N-dealkylation sites (N-methyl/N-ethyl adjacent to an activating group) is 1. The summed E-state index contributed by atoms with van der Waals surface area (Å²) < 4.78 is 0. The number of aliphatic hydroxyl groups excluding tert-OH is 2. The standard InChI is InChI=1S/C26H28N6O6/c1-6-11-7-13(31(2)3)12-8-24(29)9-26(30)20(32(4)5)19(35)15(23(28)38)21(36)25(26,10-27)22(37)16(24)18(34)14(12)17(11)33/h1,7,20,33-34,36H,8-9,29-30H2,2-5H3,(H2,28,38)/t20-,24-,25+,26-/m1/s1. The highest BCUT2D eigenvalue weighted by Gasteiger charge is 2.74. The summed E-state index contributed by atoms with van der Waals surface area (Å²) in [5.41, 5.74) is 11.7. The lowest BCUT2D eigenvalue weighted by molar-refractivity contribution is -0.139. The van der Waals surface area contributed by atoms with Crippen molar-refractivity contribution in [1.82, 2.24) is 4.90 Å². The molecule has 198 valence electrons. The number of nitrogens with two attached hydrogens (primary N) is 3. The first-order valence-electron chi connectivity index (χ1n) is 11.5. The van der Waals surface area contributed by atoms with Gasteiger partial charge in [-0.3, -0.25) is 19.3 Å². The molecule has 3 aliphatic rings. The smallest absolute Gasteiger partial charge is 0.255 e. The number of phenols is 1. The van der Waals surface area contributed by atoms with E-state index in [9.17, 15) is 35.0 Å². The first kappa shape index (κ1) is 26.7. The van der Waals surface area contributed by atoms with E-state index in [0.29, 0.717) is 11.3 Å². The number of primary amides is 1. The van der Waals surface area contributed by atoms with Gasteiger partial charge in [-0.2, -0.15) is 5.26 Å². The summed E-state index contributed by atoms with van der Waals surface area (Å²) in [4.78, 5) is 43.0. The van der Waals surface area contributed by atoms with Crippen molar-refractivity contribution in [2.45, 2.75) is 30.0 Å². The number of phenolic OH excluding ortho intramolecular Hbond substituents is 1. The molecule has 3 aliphatic carbocycles. The van der Waals surface area contributed by atoms with Crippen molar-refractivity contribution < 1.29 is 29.7 Å².